The van der Waals surface area contributed by atoms with Crippen molar-refractivity contribution in [2.75, 3.05) is 13.7 Å². The first-order valence-electron chi connectivity index (χ1n) is 11.0. The number of nitrogens with zero attached hydrogens (tertiary/aromatic N) is 1. The molecule has 2 aromatic rings. The molecule has 1 aliphatic heterocycles. The van der Waals surface area contributed by atoms with Crippen molar-refractivity contribution in [3.63, 3.8) is 0 Å². The van der Waals surface area contributed by atoms with Crippen molar-refractivity contribution in [3.05, 3.63) is 65.2 Å². The van der Waals surface area contributed by atoms with Gasteiger partial charge in [-0.25, -0.2) is 0 Å². The Morgan fingerprint density at radius 1 is 1.26 bits per heavy atom. The van der Waals surface area contributed by atoms with Crippen molar-refractivity contribution >= 4 is 5.78 Å². The highest BCUT2D eigenvalue weighted by Crippen LogP contribution is 2.52. The van der Waals surface area contributed by atoms with E-state index in [2.05, 4.69) is 11.4 Å². The number of aryl methyl sites for hydroxylation is 1. The number of carbonyl (C=O) groups excluding carboxylic acids is 1. The van der Waals surface area contributed by atoms with Crippen LogP contribution in [0.2, 0.25) is 0 Å². The zero-order valence-electron chi connectivity index (χ0n) is 18.2. The predicted molar refractivity (Wildman–Crippen MR) is 119 cm³/mol. The van der Waals surface area contributed by atoms with Crippen molar-refractivity contribution in [3.8, 4) is 11.8 Å². The van der Waals surface area contributed by atoms with Crippen LogP contribution in [0.25, 0.3) is 0 Å². The van der Waals surface area contributed by atoms with Gasteiger partial charge in [0.15, 0.2) is 5.78 Å². The van der Waals surface area contributed by atoms with Gasteiger partial charge in [0.25, 0.3) is 0 Å². The van der Waals surface area contributed by atoms with Gasteiger partial charge in [0, 0.05) is 30.9 Å². The fraction of sp³-hybridized carbons (Fsp3) is 0.462. The summed E-state index contributed by atoms with van der Waals surface area (Å²) in [5.74, 6) is 0.718. The Bertz CT molecular complexity index is 998. The molecule has 1 saturated heterocycles. The van der Waals surface area contributed by atoms with Gasteiger partial charge in [0.2, 0.25) is 0 Å². The standard InChI is InChI=1S/C26H30N2O3/c1-17-7-3-4-8-19(17)14-23(29)25-20-13-18(11-12-27)15-26(30,22(20)16-28-25)21-9-5-6-10-24(21)31-2/h3-10,18,20,22,25,28,30H,11,13-16H2,1-2H3/t18-,20-,22-,25?,26-/m1/s1. The van der Waals surface area contributed by atoms with E-state index in [9.17, 15) is 15.2 Å². The molecule has 2 N–H and O–H groups in total. The van der Waals surface area contributed by atoms with Crippen LogP contribution in [0.3, 0.4) is 0 Å². The third-order valence-electron chi connectivity index (χ3n) is 7.25. The van der Waals surface area contributed by atoms with Crippen LogP contribution in [-0.4, -0.2) is 30.6 Å². The molecule has 0 radical (unpaired) electrons. The first-order valence-corrected chi connectivity index (χ1v) is 11.0. The van der Waals surface area contributed by atoms with Crippen molar-refractivity contribution < 1.29 is 14.6 Å². The van der Waals surface area contributed by atoms with E-state index >= 15 is 0 Å². The fourth-order valence-corrected chi connectivity index (χ4v) is 5.73. The number of aliphatic hydroxyl groups is 1. The highest BCUT2D eigenvalue weighted by Gasteiger charge is 2.55. The number of rotatable bonds is 6. The molecule has 1 heterocycles. The van der Waals surface area contributed by atoms with E-state index in [0.717, 1.165) is 23.1 Å². The minimum atomic E-state index is -1.14. The summed E-state index contributed by atoms with van der Waals surface area (Å²) >= 11 is 0. The molecule has 31 heavy (non-hydrogen) atoms. The number of fused-ring (bicyclic) bond motifs is 1. The molecular weight excluding hydrogens is 388 g/mol. The largest absolute Gasteiger partial charge is 0.496 e. The molecule has 0 bridgehead atoms. The molecule has 0 amide bonds. The predicted octanol–water partition coefficient (Wildman–Crippen LogP) is 3.53. The Hall–Kier alpha value is -2.68. The summed E-state index contributed by atoms with van der Waals surface area (Å²) in [6.45, 7) is 2.60. The molecule has 162 valence electrons. The number of ether oxygens (including phenoxy) is 1. The molecule has 2 aliphatic rings. The molecule has 2 fully saturated rings. The number of carbonyl (C=O) groups is 1. The second-order valence-corrected chi connectivity index (χ2v) is 9.02. The number of ketones is 1. The lowest BCUT2D eigenvalue weighted by atomic mass is 9.61. The summed E-state index contributed by atoms with van der Waals surface area (Å²) in [4.78, 5) is 13.3. The average Bonchev–Trinajstić information content (AvgIpc) is 3.20. The number of Topliss-reactive ketones (excluding diaryl/α,β-unsaturated/α-hetero) is 1. The summed E-state index contributed by atoms with van der Waals surface area (Å²) < 4.78 is 5.56. The van der Waals surface area contributed by atoms with Gasteiger partial charge in [-0.3, -0.25) is 4.79 Å². The number of benzene rings is 2. The van der Waals surface area contributed by atoms with Gasteiger partial charge >= 0.3 is 0 Å². The van der Waals surface area contributed by atoms with Crippen LogP contribution >= 0.6 is 0 Å². The van der Waals surface area contributed by atoms with Crippen LogP contribution in [0.4, 0.5) is 0 Å². The number of hydrogen-bond donors (Lipinski definition) is 2. The van der Waals surface area contributed by atoms with E-state index in [1.54, 1.807) is 7.11 Å². The van der Waals surface area contributed by atoms with Gasteiger partial charge in [-0.15, -0.1) is 0 Å². The normalized spacial score (nSPS) is 29.7. The van der Waals surface area contributed by atoms with E-state index in [-0.39, 0.29) is 29.6 Å². The molecule has 5 atom stereocenters. The lowest BCUT2D eigenvalue weighted by Gasteiger charge is -2.46. The van der Waals surface area contributed by atoms with Gasteiger partial charge in [0.1, 0.15) is 5.75 Å². The number of methoxy groups -OCH3 is 1. The van der Waals surface area contributed by atoms with E-state index in [4.69, 9.17) is 4.74 Å². The van der Waals surface area contributed by atoms with Crippen LogP contribution < -0.4 is 10.1 Å². The highest BCUT2D eigenvalue weighted by molar-refractivity contribution is 5.87. The summed E-state index contributed by atoms with van der Waals surface area (Å²) in [5, 5.41) is 24.8. The van der Waals surface area contributed by atoms with E-state index in [1.165, 1.54) is 0 Å². The maximum atomic E-state index is 13.3. The van der Waals surface area contributed by atoms with Gasteiger partial charge in [-0.1, -0.05) is 42.5 Å². The minimum absolute atomic E-state index is 0.0152. The van der Waals surface area contributed by atoms with E-state index in [0.29, 0.717) is 31.6 Å². The number of hydrogen-bond acceptors (Lipinski definition) is 5. The number of nitriles is 1. The van der Waals surface area contributed by atoms with Gasteiger partial charge in [-0.2, -0.15) is 5.26 Å². The molecule has 0 spiro atoms. The lowest BCUT2D eigenvalue weighted by molar-refractivity contribution is -0.124. The van der Waals surface area contributed by atoms with E-state index in [1.807, 2.05) is 55.5 Å². The Kier molecular flexibility index (Phi) is 6.13. The van der Waals surface area contributed by atoms with Crippen LogP contribution in [0.15, 0.2) is 48.5 Å². The second kappa shape index (κ2) is 8.82. The Labute approximate surface area is 184 Å². The van der Waals surface area contributed by atoms with Crippen molar-refractivity contribution in [1.29, 1.82) is 5.26 Å². The maximum Gasteiger partial charge on any atom is 0.154 e. The smallest absolute Gasteiger partial charge is 0.154 e. The highest BCUT2D eigenvalue weighted by atomic mass is 16.5. The molecule has 4 rings (SSSR count). The maximum absolute atomic E-state index is 13.3. The lowest BCUT2D eigenvalue weighted by Crippen LogP contribution is -2.48. The van der Waals surface area contributed by atoms with Gasteiger partial charge < -0.3 is 15.2 Å². The Morgan fingerprint density at radius 2 is 2.00 bits per heavy atom. The minimum Gasteiger partial charge on any atom is -0.496 e. The zero-order chi connectivity index (χ0) is 22.0. The molecule has 0 aromatic heterocycles. The van der Waals surface area contributed by atoms with Gasteiger partial charge in [0.05, 0.1) is 24.8 Å². The van der Waals surface area contributed by atoms with Crippen LogP contribution in [0.5, 0.6) is 5.75 Å². The molecule has 1 aliphatic carbocycles. The summed E-state index contributed by atoms with van der Waals surface area (Å²) in [6.07, 6.45) is 2.03. The molecule has 5 heteroatoms. The number of nitrogens with one attached hydrogen (secondary N) is 1. The topological polar surface area (TPSA) is 82.3 Å². The molecule has 5 nitrogen and oxygen atoms in total. The Balaban J connectivity index is 1.65. The van der Waals surface area contributed by atoms with Crippen molar-refractivity contribution in [2.24, 2.45) is 17.8 Å². The Morgan fingerprint density at radius 3 is 2.74 bits per heavy atom. The zero-order valence-corrected chi connectivity index (χ0v) is 18.2. The monoisotopic (exact) mass is 418 g/mol. The van der Waals surface area contributed by atoms with Crippen LogP contribution in [-0.2, 0) is 16.8 Å². The first kappa shape index (κ1) is 21.5. The van der Waals surface area contributed by atoms with Gasteiger partial charge in [-0.05, 0) is 48.8 Å². The second-order valence-electron chi connectivity index (χ2n) is 9.02. The summed E-state index contributed by atoms with van der Waals surface area (Å²) in [7, 11) is 1.61. The SMILES string of the molecule is COc1ccccc1[C@]1(O)C[C@H](CC#N)C[C@H]2C(C(=O)Cc3ccccc3C)NC[C@H]21. The number of para-hydroxylation sites is 1. The average molecular weight is 419 g/mol. The van der Waals surface area contributed by atoms with Crippen LogP contribution in [0, 0.1) is 36.0 Å². The molecule has 2 aromatic carbocycles. The third kappa shape index (κ3) is 3.98. The quantitative estimate of drug-likeness (QED) is 0.750. The first-order chi connectivity index (χ1) is 15.0. The fourth-order valence-electron chi connectivity index (χ4n) is 5.73. The van der Waals surface area contributed by atoms with Crippen molar-refractivity contribution in [2.45, 2.75) is 44.2 Å². The van der Waals surface area contributed by atoms with E-state index < -0.39 is 5.60 Å². The van der Waals surface area contributed by atoms with Crippen LogP contribution in [0.1, 0.15) is 36.0 Å². The molecule has 1 saturated carbocycles. The summed E-state index contributed by atoms with van der Waals surface area (Å²) in [6, 6.07) is 17.5. The van der Waals surface area contributed by atoms with Crippen molar-refractivity contribution in [1.82, 2.24) is 5.32 Å². The summed E-state index contributed by atoms with van der Waals surface area (Å²) in [5.41, 5.74) is 1.77. The third-order valence-corrected chi connectivity index (χ3v) is 7.25. The molecular formula is C26H30N2O3. The molecule has 1 unspecified atom stereocenters.